The monoisotopic (exact) mass is 294 g/mol. The van der Waals surface area contributed by atoms with Gasteiger partial charge in [0.25, 0.3) is 0 Å². The molecule has 20 heavy (non-hydrogen) atoms. The van der Waals surface area contributed by atoms with Crippen molar-refractivity contribution in [2.75, 3.05) is 7.11 Å². The van der Waals surface area contributed by atoms with Crippen LogP contribution in [0.2, 0.25) is 0 Å². The third-order valence-corrected chi connectivity index (χ3v) is 3.55. The van der Waals surface area contributed by atoms with Crippen molar-refractivity contribution in [3.8, 4) is 16.3 Å². The van der Waals surface area contributed by atoms with E-state index in [4.69, 9.17) is 9.84 Å². The molecule has 0 saturated heterocycles. The second-order valence-corrected chi connectivity index (χ2v) is 4.96. The molecule has 8 heteroatoms. The van der Waals surface area contributed by atoms with Crippen LogP contribution in [0, 0.1) is 10.1 Å². The number of carboxylic acids is 1. The Morgan fingerprint density at radius 2 is 2.30 bits per heavy atom. The molecule has 1 aromatic heterocycles. The number of benzene rings is 1. The Kier molecular flexibility index (Phi) is 3.94. The summed E-state index contributed by atoms with van der Waals surface area (Å²) in [4.78, 5) is 25.7. The van der Waals surface area contributed by atoms with E-state index < -0.39 is 10.9 Å². The van der Waals surface area contributed by atoms with Gasteiger partial charge in [-0.2, -0.15) is 0 Å². The molecule has 0 atom stereocenters. The second kappa shape index (κ2) is 5.66. The zero-order valence-electron chi connectivity index (χ0n) is 10.4. The van der Waals surface area contributed by atoms with Crippen LogP contribution in [-0.4, -0.2) is 28.1 Å². The molecule has 1 heterocycles. The number of methoxy groups -OCH3 is 1. The van der Waals surface area contributed by atoms with Gasteiger partial charge in [0, 0.05) is 22.7 Å². The van der Waals surface area contributed by atoms with E-state index in [-0.39, 0.29) is 17.9 Å². The van der Waals surface area contributed by atoms with Crippen molar-refractivity contribution in [3.63, 3.8) is 0 Å². The lowest BCUT2D eigenvalue weighted by molar-refractivity contribution is -0.385. The largest absolute Gasteiger partial charge is 0.490 e. The normalized spacial score (nSPS) is 10.2. The highest BCUT2D eigenvalue weighted by atomic mass is 32.1. The molecule has 0 radical (unpaired) electrons. The zero-order chi connectivity index (χ0) is 14.7. The van der Waals surface area contributed by atoms with Crippen LogP contribution >= 0.6 is 11.3 Å². The average Bonchev–Trinajstić information content (AvgIpc) is 2.85. The van der Waals surface area contributed by atoms with Crippen molar-refractivity contribution in [1.29, 1.82) is 0 Å². The van der Waals surface area contributed by atoms with E-state index in [0.717, 1.165) is 0 Å². The number of aliphatic carboxylic acids is 1. The van der Waals surface area contributed by atoms with Crippen LogP contribution in [0.3, 0.4) is 0 Å². The van der Waals surface area contributed by atoms with Crippen LogP contribution in [0.1, 0.15) is 4.88 Å². The van der Waals surface area contributed by atoms with E-state index in [9.17, 15) is 14.9 Å². The molecule has 0 unspecified atom stereocenters. The fourth-order valence-electron chi connectivity index (χ4n) is 1.64. The van der Waals surface area contributed by atoms with Crippen molar-refractivity contribution >= 4 is 23.0 Å². The van der Waals surface area contributed by atoms with Gasteiger partial charge in [0.1, 0.15) is 5.01 Å². The molecule has 0 fully saturated rings. The maximum absolute atomic E-state index is 10.9. The van der Waals surface area contributed by atoms with Crippen LogP contribution in [0.5, 0.6) is 5.75 Å². The van der Waals surface area contributed by atoms with Gasteiger partial charge in [-0.15, -0.1) is 11.3 Å². The third-order valence-electron chi connectivity index (χ3n) is 2.50. The predicted octanol–water partition coefficient (Wildman–Crippen LogP) is 2.35. The maximum Gasteiger partial charge on any atom is 0.311 e. The van der Waals surface area contributed by atoms with E-state index in [1.165, 1.54) is 36.8 Å². The Labute approximate surface area is 117 Å². The van der Waals surface area contributed by atoms with Crippen molar-refractivity contribution in [2.24, 2.45) is 0 Å². The highest BCUT2D eigenvalue weighted by Crippen LogP contribution is 2.33. The summed E-state index contributed by atoms with van der Waals surface area (Å²) < 4.78 is 4.92. The lowest BCUT2D eigenvalue weighted by atomic mass is 10.2. The summed E-state index contributed by atoms with van der Waals surface area (Å²) >= 11 is 1.19. The molecule has 0 aliphatic heterocycles. The fraction of sp³-hybridized carbons (Fsp3) is 0.167. The van der Waals surface area contributed by atoms with Crippen LogP contribution in [-0.2, 0) is 11.2 Å². The molecule has 0 amide bonds. The first-order valence-electron chi connectivity index (χ1n) is 5.50. The number of nitro benzene ring substituents is 1. The number of thiazole rings is 1. The number of ether oxygens (including phenoxy) is 1. The number of hydrogen-bond acceptors (Lipinski definition) is 6. The molecule has 0 spiro atoms. The minimum Gasteiger partial charge on any atom is -0.490 e. The first kappa shape index (κ1) is 13.9. The quantitative estimate of drug-likeness (QED) is 0.670. The number of hydrogen-bond donors (Lipinski definition) is 1. The van der Waals surface area contributed by atoms with Gasteiger partial charge in [-0.1, -0.05) is 0 Å². The first-order chi connectivity index (χ1) is 9.51. The lowest BCUT2D eigenvalue weighted by Crippen LogP contribution is -1.97. The van der Waals surface area contributed by atoms with Gasteiger partial charge >= 0.3 is 11.7 Å². The molecule has 0 aliphatic rings. The molecule has 7 nitrogen and oxygen atoms in total. The van der Waals surface area contributed by atoms with Crippen LogP contribution in [0.25, 0.3) is 10.6 Å². The molecule has 1 aromatic carbocycles. The van der Waals surface area contributed by atoms with Crippen molar-refractivity contribution in [3.05, 3.63) is 39.4 Å². The third kappa shape index (κ3) is 2.91. The Balaban J connectivity index is 2.37. The standard InChI is InChI=1S/C12H10N2O5S/c1-19-10-3-2-7(4-9(10)14(17)18)12-13-6-8(20-12)5-11(15)16/h2-4,6H,5H2,1H3,(H,15,16). The Hall–Kier alpha value is -2.48. The summed E-state index contributed by atoms with van der Waals surface area (Å²) in [5, 5.41) is 20.2. The number of aromatic nitrogens is 1. The number of nitrogens with zero attached hydrogens (tertiary/aromatic N) is 2. The molecule has 0 aliphatic carbocycles. The second-order valence-electron chi connectivity index (χ2n) is 3.85. The minimum absolute atomic E-state index is 0.115. The molecular weight excluding hydrogens is 284 g/mol. The SMILES string of the molecule is COc1ccc(-c2ncc(CC(=O)O)s2)cc1[N+](=O)[O-]. The summed E-state index contributed by atoms with van der Waals surface area (Å²) in [6.07, 6.45) is 1.35. The lowest BCUT2D eigenvalue weighted by Gasteiger charge is -2.02. The summed E-state index contributed by atoms with van der Waals surface area (Å²) in [7, 11) is 1.36. The van der Waals surface area contributed by atoms with Gasteiger partial charge in [0.05, 0.1) is 18.5 Å². The fourth-order valence-corrected chi connectivity index (χ4v) is 2.54. The smallest absolute Gasteiger partial charge is 0.311 e. The number of nitro groups is 1. The highest BCUT2D eigenvalue weighted by molar-refractivity contribution is 7.15. The van der Waals surface area contributed by atoms with E-state index >= 15 is 0 Å². The first-order valence-corrected chi connectivity index (χ1v) is 6.32. The zero-order valence-corrected chi connectivity index (χ0v) is 11.2. The van der Waals surface area contributed by atoms with Gasteiger partial charge in [0.2, 0.25) is 0 Å². The van der Waals surface area contributed by atoms with Gasteiger partial charge in [-0.3, -0.25) is 14.9 Å². The molecule has 2 aromatic rings. The molecule has 104 valence electrons. The maximum atomic E-state index is 10.9. The van der Waals surface area contributed by atoms with Crippen LogP contribution < -0.4 is 4.74 Å². The molecule has 2 rings (SSSR count). The molecule has 0 bridgehead atoms. The van der Waals surface area contributed by atoms with Gasteiger partial charge < -0.3 is 9.84 Å². The molecule has 1 N–H and O–H groups in total. The summed E-state index contributed by atoms with van der Waals surface area (Å²) in [6.45, 7) is 0. The molecule has 0 saturated carbocycles. The minimum atomic E-state index is -0.944. The van der Waals surface area contributed by atoms with E-state index in [1.807, 2.05) is 0 Å². The van der Waals surface area contributed by atoms with Gasteiger partial charge in [0.15, 0.2) is 5.75 Å². The predicted molar refractivity (Wildman–Crippen MR) is 72.1 cm³/mol. The Morgan fingerprint density at radius 1 is 1.55 bits per heavy atom. The van der Waals surface area contributed by atoms with E-state index in [1.54, 1.807) is 6.07 Å². The van der Waals surface area contributed by atoms with Gasteiger partial charge in [-0.05, 0) is 12.1 Å². The van der Waals surface area contributed by atoms with Crippen LogP contribution in [0.15, 0.2) is 24.4 Å². The number of carbonyl (C=O) groups is 1. The Morgan fingerprint density at radius 3 is 2.90 bits per heavy atom. The van der Waals surface area contributed by atoms with Crippen molar-refractivity contribution in [2.45, 2.75) is 6.42 Å². The van der Waals surface area contributed by atoms with Crippen molar-refractivity contribution in [1.82, 2.24) is 4.98 Å². The topological polar surface area (TPSA) is 103 Å². The van der Waals surface area contributed by atoms with Crippen molar-refractivity contribution < 1.29 is 19.6 Å². The molecular formula is C12H10N2O5S. The highest BCUT2D eigenvalue weighted by Gasteiger charge is 2.17. The van der Waals surface area contributed by atoms with Crippen LogP contribution in [0.4, 0.5) is 5.69 Å². The summed E-state index contributed by atoms with van der Waals surface area (Å²) in [5.74, 6) is -0.776. The summed E-state index contributed by atoms with van der Waals surface area (Å²) in [5.41, 5.74) is 0.402. The average molecular weight is 294 g/mol. The Bertz CT molecular complexity index is 668. The summed E-state index contributed by atoms with van der Waals surface area (Å²) in [6, 6.07) is 4.50. The van der Waals surface area contributed by atoms with E-state index in [0.29, 0.717) is 15.4 Å². The van der Waals surface area contributed by atoms with Gasteiger partial charge in [-0.25, -0.2) is 4.98 Å². The number of rotatable bonds is 5. The number of carboxylic acid groups (broad SMARTS) is 1. The van der Waals surface area contributed by atoms with E-state index in [2.05, 4.69) is 4.98 Å².